The first-order valence-electron chi connectivity index (χ1n) is 14.6. The third-order valence-corrected chi connectivity index (χ3v) is 9.95. The molecule has 2 aromatic carbocycles. The van der Waals surface area contributed by atoms with Crippen LogP contribution in [-0.2, 0) is 16.1 Å². The Morgan fingerprint density at radius 3 is 2.50 bits per heavy atom. The van der Waals surface area contributed by atoms with E-state index in [-0.39, 0.29) is 16.8 Å². The lowest BCUT2D eigenvalue weighted by atomic mass is 9.83. The molecule has 0 aromatic heterocycles. The number of nitrogens with one attached hydrogen (secondary N) is 1. The molecule has 5 nitrogen and oxygen atoms in total. The zero-order valence-electron chi connectivity index (χ0n) is 24.8. The van der Waals surface area contributed by atoms with Gasteiger partial charge in [-0.05, 0) is 79.0 Å². The fourth-order valence-electron chi connectivity index (χ4n) is 5.48. The van der Waals surface area contributed by atoms with Gasteiger partial charge < -0.3 is 15.2 Å². The van der Waals surface area contributed by atoms with E-state index in [0.717, 1.165) is 33.9 Å². The number of ether oxygens (including phenoxy) is 1. The highest BCUT2D eigenvalue weighted by Crippen LogP contribution is 2.38. The van der Waals surface area contributed by atoms with E-state index in [1.807, 2.05) is 61.3 Å². The van der Waals surface area contributed by atoms with E-state index in [9.17, 15) is 14.7 Å². The van der Waals surface area contributed by atoms with E-state index < -0.39 is 12.0 Å². The van der Waals surface area contributed by atoms with Crippen LogP contribution in [-0.4, -0.2) is 51.6 Å². The first kappa shape index (κ1) is 32.6. The standard InChI is InChI=1S/C33H47NO4S2/c1-23-11-9-10-14-27(23)29-19-26(15-16-28(29)31(35)34-30(32(36)37)17-18-39-5)21-38-24(2)22-40-33(3,4)20-25-12-7-6-8-13-25/h9-11,14-16,19,24-25,30H,6-8,12-13,17-18,20-22H2,1-5H3,(H,34,35)(H,36,37)/t24?,30-/m0/s1. The number of carbonyl (C=O) groups excluding carboxylic acids is 1. The molecule has 0 radical (unpaired) electrons. The Hall–Kier alpha value is -1.96. The first-order chi connectivity index (χ1) is 19.1. The molecule has 2 atom stereocenters. The third kappa shape index (κ3) is 10.1. The van der Waals surface area contributed by atoms with Crippen molar-refractivity contribution in [3.8, 4) is 11.1 Å². The van der Waals surface area contributed by atoms with Crippen LogP contribution < -0.4 is 5.32 Å². The Bertz CT molecular complexity index is 1110. The quantitative estimate of drug-likeness (QED) is 0.221. The maximum absolute atomic E-state index is 13.3. The van der Waals surface area contributed by atoms with Gasteiger partial charge in [-0.1, -0.05) is 76.3 Å². The predicted molar refractivity (Wildman–Crippen MR) is 170 cm³/mol. The summed E-state index contributed by atoms with van der Waals surface area (Å²) >= 11 is 3.57. The molecule has 2 aromatic rings. The number of carboxylic acid groups (broad SMARTS) is 1. The van der Waals surface area contributed by atoms with Crippen LogP contribution in [0.1, 0.15) is 87.2 Å². The zero-order chi connectivity index (χ0) is 29.1. The van der Waals surface area contributed by atoms with Crippen LogP contribution in [0.2, 0.25) is 0 Å². The average molecular weight is 586 g/mol. The lowest BCUT2D eigenvalue weighted by molar-refractivity contribution is -0.139. The largest absolute Gasteiger partial charge is 0.480 e. The lowest BCUT2D eigenvalue weighted by Gasteiger charge is -2.32. The Labute approximate surface area is 249 Å². The van der Waals surface area contributed by atoms with Crippen molar-refractivity contribution in [2.45, 2.75) is 96.1 Å². The van der Waals surface area contributed by atoms with Gasteiger partial charge >= 0.3 is 5.97 Å². The molecule has 0 heterocycles. The number of amides is 1. The molecule has 3 rings (SSSR count). The van der Waals surface area contributed by atoms with Crippen molar-refractivity contribution >= 4 is 35.4 Å². The monoisotopic (exact) mass is 585 g/mol. The van der Waals surface area contributed by atoms with Gasteiger partial charge in [-0.15, -0.1) is 0 Å². The number of thioether (sulfide) groups is 2. The van der Waals surface area contributed by atoms with Gasteiger partial charge in [0.1, 0.15) is 6.04 Å². The second-order valence-electron chi connectivity index (χ2n) is 11.7. The molecule has 220 valence electrons. The third-order valence-electron chi connectivity index (χ3n) is 7.73. The van der Waals surface area contributed by atoms with E-state index in [1.54, 1.807) is 17.8 Å². The molecule has 1 fully saturated rings. The van der Waals surface area contributed by atoms with Crippen molar-refractivity contribution in [1.29, 1.82) is 0 Å². The van der Waals surface area contributed by atoms with Crippen LogP contribution in [0.4, 0.5) is 0 Å². The van der Waals surface area contributed by atoms with Crippen molar-refractivity contribution in [1.82, 2.24) is 5.32 Å². The predicted octanol–water partition coefficient (Wildman–Crippen LogP) is 7.99. The number of hydrogen-bond acceptors (Lipinski definition) is 5. The molecule has 1 saturated carbocycles. The highest BCUT2D eigenvalue weighted by molar-refractivity contribution is 8.00. The van der Waals surface area contributed by atoms with Crippen LogP contribution in [0.5, 0.6) is 0 Å². The molecule has 7 heteroatoms. The normalized spacial score (nSPS) is 15.9. The van der Waals surface area contributed by atoms with Crippen molar-refractivity contribution < 1.29 is 19.4 Å². The number of hydrogen-bond donors (Lipinski definition) is 2. The summed E-state index contributed by atoms with van der Waals surface area (Å²) in [6.45, 7) is 9.35. The Balaban J connectivity index is 1.68. The highest BCUT2D eigenvalue weighted by atomic mass is 32.2. The molecule has 1 aliphatic carbocycles. The molecule has 0 spiro atoms. The SMILES string of the molecule is CSCC[C@H](NC(=O)c1ccc(COC(C)CSC(C)(C)CC2CCCCC2)cc1-c1ccccc1C)C(=O)O. The van der Waals surface area contributed by atoms with Gasteiger partial charge in [0, 0.05) is 16.1 Å². The smallest absolute Gasteiger partial charge is 0.326 e. The molecule has 0 aliphatic heterocycles. The minimum absolute atomic E-state index is 0.105. The average Bonchev–Trinajstić information content (AvgIpc) is 2.93. The Kier molecular flexibility index (Phi) is 12.9. The van der Waals surface area contributed by atoms with Crippen LogP contribution in [0.15, 0.2) is 42.5 Å². The molecule has 0 bridgehead atoms. The maximum atomic E-state index is 13.3. The van der Waals surface area contributed by atoms with Crippen LogP contribution in [0, 0.1) is 12.8 Å². The van der Waals surface area contributed by atoms with E-state index in [1.165, 1.54) is 38.5 Å². The molecule has 2 N–H and O–H groups in total. The van der Waals surface area contributed by atoms with E-state index in [4.69, 9.17) is 4.74 Å². The summed E-state index contributed by atoms with van der Waals surface area (Å²) in [6.07, 6.45) is 10.6. The Morgan fingerprint density at radius 2 is 1.82 bits per heavy atom. The summed E-state index contributed by atoms with van der Waals surface area (Å²) < 4.78 is 6.52. The number of benzene rings is 2. The van der Waals surface area contributed by atoms with E-state index >= 15 is 0 Å². The van der Waals surface area contributed by atoms with Crippen molar-refractivity contribution in [3.05, 3.63) is 59.2 Å². The molecule has 1 unspecified atom stereocenters. The van der Waals surface area contributed by atoms with Gasteiger partial charge in [-0.25, -0.2) is 4.79 Å². The molecule has 1 amide bonds. The molecular weight excluding hydrogens is 539 g/mol. The summed E-state index contributed by atoms with van der Waals surface area (Å²) in [5.74, 6) is 1.08. The van der Waals surface area contributed by atoms with Gasteiger partial charge in [0.05, 0.1) is 12.7 Å². The maximum Gasteiger partial charge on any atom is 0.326 e. The van der Waals surface area contributed by atoms with Crippen LogP contribution >= 0.6 is 23.5 Å². The van der Waals surface area contributed by atoms with Gasteiger partial charge in [-0.3, -0.25) is 4.79 Å². The summed E-state index contributed by atoms with van der Waals surface area (Å²) in [4.78, 5) is 25.1. The highest BCUT2D eigenvalue weighted by Gasteiger charge is 2.26. The summed E-state index contributed by atoms with van der Waals surface area (Å²) in [7, 11) is 0. The van der Waals surface area contributed by atoms with E-state index in [0.29, 0.717) is 24.3 Å². The fourth-order valence-corrected chi connectivity index (χ4v) is 7.09. The second-order valence-corrected chi connectivity index (χ2v) is 14.5. The first-order valence-corrected chi connectivity index (χ1v) is 16.9. The zero-order valence-corrected chi connectivity index (χ0v) is 26.5. The van der Waals surface area contributed by atoms with Crippen LogP contribution in [0.25, 0.3) is 11.1 Å². The van der Waals surface area contributed by atoms with Crippen LogP contribution in [0.3, 0.4) is 0 Å². The van der Waals surface area contributed by atoms with Crippen molar-refractivity contribution in [3.63, 3.8) is 0 Å². The summed E-state index contributed by atoms with van der Waals surface area (Å²) in [5, 5.41) is 12.4. The second kappa shape index (κ2) is 15.9. The fraction of sp³-hybridized carbons (Fsp3) is 0.576. The van der Waals surface area contributed by atoms with Gasteiger partial charge in [0.25, 0.3) is 5.91 Å². The summed E-state index contributed by atoms with van der Waals surface area (Å²) in [6, 6.07) is 12.8. The topological polar surface area (TPSA) is 75.6 Å². The number of aryl methyl sites for hydroxylation is 1. The summed E-state index contributed by atoms with van der Waals surface area (Å²) in [5.41, 5.74) is 4.27. The molecular formula is C33H47NO4S2. The Morgan fingerprint density at radius 1 is 1.10 bits per heavy atom. The number of aliphatic carboxylic acids is 1. The van der Waals surface area contributed by atoms with E-state index in [2.05, 4.69) is 26.1 Å². The molecule has 40 heavy (non-hydrogen) atoms. The minimum Gasteiger partial charge on any atom is -0.480 e. The molecule has 1 aliphatic rings. The number of rotatable bonds is 15. The lowest BCUT2D eigenvalue weighted by Crippen LogP contribution is -2.41. The van der Waals surface area contributed by atoms with Gasteiger partial charge in [-0.2, -0.15) is 23.5 Å². The number of carboxylic acids is 1. The van der Waals surface area contributed by atoms with Crippen molar-refractivity contribution in [2.24, 2.45) is 5.92 Å². The number of carbonyl (C=O) groups is 2. The van der Waals surface area contributed by atoms with Gasteiger partial charge in [0.2, 0.25) is 0 Å². The minimum atomic E-state index is -1.02. The van der Waals surface area contributed by atoms with Gasteiger partial charge in [0.15, 0.2) is 0 Å². The van der Waals surface area contributed by atoms with Crippen molar-refractivity contribution in [2.75, 3.05) is 17.8 Å². The molecule has 0 saturated heterocycles.